The smallest absolute Gasteiger partial charge is 0.161 e. The van der Waals surface area contributed by atoms with Crippen molar-refractivity contribution in [3.63, 3.8) is 0 Å². The van der Waals surface area contributed by atoms with Crippen molar-refractivity contribution in [2.24, 2.45) is 0 Å². The molecule has 0 radical (unpaired) electrons. The lowest BCUT2D eigenvalue weighted by Crippen LogP contribution is -2.01. The van der Waals surface area contributed by atoms with Crippen molar-refractivity contribution in [2.75, 3.05) is 13.2 Å². The molecule has 21 heavy (non-hydrogen) atoms. The number of fused-ring (bicyclic) bond motifs is 1. The molecule has 0 fully saturated rings. The molecule has 0 saturated heterocycles. The third kappa shape index (κ3) is 2.88. The van der Waals surface area contributed by atoms with Gasteiger partial charge in [0.1, 0.15) is 11.6 Å². The van der Waals surface area contributed by atoms with Gasteiger partial charge in [-0.15, -0.1) is 0 Å². The molecule has 0 aliphatic carbocycles. The van der Waals surface area contributed by atoms with Gasteiger partial charge in [-0.2, -0.15) is 0 Å². The van der Waals surface area contributed by atoms with Gasteiger partial charge in [-0.3, -0.25) is 0 Å². The average Bonchev–Trinajstić information content (AvgIpc) is 2.71. The Hall–Kier alpha value is -1.62. The molecule has 1 atom stereocenters. The van der Waals surface area contributed by atoms with Crippen molar-refractivity contribution >= 4 is 15.9 Å². The van der Waals surface area contributed by atoms with Gasteiger partial charge in [0.2, 0.25) is 0 Å². The summed E-state index contributed by atoms with van der Waals surface area (Å²) >= 11 is 3.37. The minimum atomic E-state index is -0.587. The van der Waals surface area contributed by atoms with Gasteiger partial charge in [-0.1, -0.05) is 28.1 Å². The first-order valence-electron chi connectivity index (χ1n) is 6.64. The quantitative estimate of drug-likeness (QED) is 0.733. The van der Waals surface area contributed by atoms with Crippen LogP contribution in [0.5, 0.6) is 11.5 Å². The van der Waals surface area contributed by atoms with Crippen LogP contribution in [0, 0.1) is 11.6 Å². The van der Waals surface area contributed by atoms with Gasteiger partial charge >= 0.3 is 0 Å². The zero-order valence-corrected chi connectivity index (χ0v) is 12.7. The van der Waals surface area contributed by atoms with Gasteiger partial charge in [-0.25, -0.2) is 8.78 Å². The Kier molecular flexibility index (Phi) is 4.10. The molecule has 0 N–H and O–H groups in total. The summed E-state index contributed by atoms with van der Waals surface area (Å²) in [6.45, 7) is 1.17. The van der Waals surface area contributed by atoms with Crippen molar-refractivity contribution in [3.05, 3.63) is 59.2 Å². The maximum absolute atomic E-state index is 13.9. The van der Waals surface area contributed by atoms with Crippen molar-refractivity contribution in [2.45, 2.75) is 11.2 Å². The maximum Gasteiger partial charge on any atom is 0.161 e. The minimum absolute atomic E-state index is 0.00742. The summed E-state index contributed by atoms with van der Waals surface area (Å²) in [5, 5.41) is 0. The molecule has 2 aromatic carbocycles. The van der Waals surface area contributed by atoms with Gasteiger partial charge in [0, 0.05) is 12.0 Å². The van der Waals surface area contributed by atoms with E-state index in [1.54, 1.807) is 18.2 Å². The molecular weight excluding hydrogens is 342 g/mol. The number of hydrogen-bond acceptors (Lipinski definition) is 2. The average molecular weight is 355 g/mol. The highest BCUT2D eigenvalue weighted by molar-refractivity contribution is 9.09. The second-order valence-corrected chi connectivity index (χ2v) is 5.67. The molecule has 1 aliphatic rings. The van der Waals surface area contributed by atoms with Crippen LogP contribution in [-0.2, 0) is 0 Å². The standard InChI is InChI=1S/C16H13BrF2O2/c17-16(15-11(18)3-1-4-12(15)19)10-5-6-13-14(9-10)21-8-2-7-20-13/h1,3-6,9,16H,2,7-8H2. The van der Waals surface area contributed by atoms with Crippen LogP contribution >= 0.6 is 15.9 Å². The Morgan fingerprint density at radius 1 is 0.952 bits per heavy atom. The molecule has 0 bridgehead atoms. The first-order chi connectivity index (χ1) is 10.2. The number of halogens is 3. The van der Waals surface area contributed by atoms with Crippen LogP contribution in [0.25, 0.3) is 0 Å². The SMILES string of the molecule is Fc1cccc(F)c1C(Br)c1ccc2c(c1)OCCCO2. The highest BCUT2D eigenvalue weighted by Crippen LogP contribution is 2.39. The van der Waals surface area contributed by atoms with Crippen LogP contribution in [-0.4, -0.2) is 13.2 Å². The maximum atomic E-state index is 13.9. The fraction of sp³-hybridized carbons (Fsp3) is 0.250. The summed E-state index contributed by atoms with van der Waals surface area (Å²) in [6, 6.07) is 9.14. The highest BCUT2D eigenvalue weighted by atomic mass is 79.9. The van der Waals surface area contributed by atoms with Crippen LogP contribution in [0.15, 0.2) is 36.4 Å². The molecule has 5 heteroatoms. The van der Waals surface area contributed by atoms with Gasteiger partial charge in [0.15, 0.2) is 11.5 Å². The third-order valence-electron chi connectivity index (χ3n) is 3.32. The molecule has 0 amide bonds. The summed E-state index contributed by atoms with van der Waals surface area (Å²) in [5.41, 5.74) is 0.704. The van der Waals surface area contributed by atoms with Crippen molar-refractivity contribution in [1.29, 1.82) is 0 Å². The van der Waals surface area contributed by atoms with E-state index in [9.17, 15) is 8.78 Å². The lowest BCUT2D eigenvalue weighted by molar-refractivity contribution is 0.297. The van der Waals surface area contributed by atoms with Gasteiger partial charge in [-0.05, 0) is 29.8 Å². The van der Waals surface area contributed by atoms with Crippen molar-refractivity contribution in [1.82, 2.24) is 0 Å². The Labute approximate surface area is 129 Å². The number of benzene rings is 2. The first-order valence-corrected chi connectivity index (χ1v) is 7.56. The molecule has 0 spiro atoms. The summed E-state index contributed by atoms with van der Waals surface area (Å²) in [5.74, 6) is 0.101. The number of alkyl halides is 1. The van der Waals surface area contributed by atoms with E-state index in [-0.39, 0.29) is 5.56 Å². The van der Waals surface area contributed by atoms with E-state index >= 15 is 0 Å². The highest BCUT2D eigenvalue weighted by Gasteiger charge is 2.21. The van der Waals surface area contributed by atoms with Crippen LogP contribution in [0.4, 0.5) is 8.78 Å². The molecule has 0 saturated carbocycles. The van der Waals surface area contributed by atoms with Crippen LogP contribution in [0.2, 0.25) is 0 Å². The first kappa shape index (κ1) is 14.3. The van der Waals surface area contributed by atoms with Crippen LogP contribution in [0.1, 0.15) is 22.4 Å². The van der Waals surface area contributed by atoms with E-state index in [1.807, 2.05) is 0 Å². The molecule has 0 aromatic heterocycles. The van der Waals surface area contributed by atoms with Crippen molar-refractivity contribution < 1.29 is 18.3 Å². The van der Waals surface area contributed by atoms with E-state index < -0.39 is 16.5 Å². The Bertz CT molecular complexity index is 640. The molecule has 2 nitrogen and oxygen atoms in total. The van der Waals surface area contributed by atoms with Gasteiger partial charge in [0.25, 0.3) is 0 Å². The van der Waals surface area contributed by atoms with E-state index in [4.69, 9.17) is 9.47 Å². The number of rotatable bonds is 2. The Morgan fingerprint density at radius 3 is 2.33 bits per heavy atom. The van der Waals surface area contributed by atoms with E-state index in [2.05, 4.69) is 15.9 Å². The minimum Gasteiger partial charge on any atom is -0.490 e. The summed E-state index contributed by atoms with van der Waals surface area (Å²) in [6.07, 6.45) is 0.809. The second-order valence-electron chi connectivity index (χ2n) is 4.75. The molecule has 1 heterocycles. The fourth-order valence-electron chi connectivity index (χ4n) is 2.26. The Balaban J connectivity index is 1.98. The van der Waals surface area contributed by atoms with Crippen LogP contribution in [0.3, 0.4) is 0 Å². The molecule has 1 aliphatic heterocycles. The Morgan fingerprint density at radius 2 is 1.62 bits per heavy atom. The summed E-state index contributed by atoms with van der Waals surface area (Å²) < 4.78 is 38.9. The predicted molar refractivity (Wildman–Crippen MR) is 79.2 cm³/mol. The largest absolute Gasteiger partial charge is 0.490 e. The zero-order chi connectivity index (χ0) is 14.8. The number of ether oxygens (including phenoxy) is 2. The fourth-order valence-corrected chi connectivity index (χ4v) is 2.98. The molecule has 3 rings (SSSR count). The molecule has 2 aromatic rings. The molecule has 110 valence electrons. The lowest BCUT2D eigenvalue weighted by Gasteiger charge is -2.15. The van der Waals surface area contributed by atoms with E-state index in [1.165, 1.54) is 18.2 Å². The normalized spacial score (nSPS) is 15.4. The van der Waals surface area contributed by atoms with Gasteiger partial charge < -0.3 is 9.47 Å². The molecular formula is C16H13BrF2O2. The second kappa shape index (κ2) is 6.02. The lowest BCUT2D eigenvalue weighted by atomic mass is 10.0. The third-order valence-corrected chi connectivity index (χ3v) is 4.30. The summed E-state index contributed by atoms with van der Waals surface area (Å²) in [7, 11) is 0. The molecule has 1 unspecified atom stereocenters. The van der Waals surface area contributed by atoms with E-state index in [0.717, 1.165) is 6.42 Å². The van der Waals surface area contributed by atoms with Gasteiger partial charge in [0.05, 0.1) is 18.0 Å². The predicted octanol–water partition coefficient (Wildman–Crippen LogP) is 4.61. The van der Waals surface area contributed by atoms with E-state index in [0.29, 0.717) is 30.3 Å². The monoisotopic (exact) mass is 354 g/mol. The van der Waals surface area contributed by atoms with Crippen LogP contribution < -0.4 is 9.47 Å². The topological polar surface area (TPSA) is 18.5 Å². The summed E-state index contributed by atoms with van der Waals surface area (Å²) in [4.78, 5) is -0.587. The zero-order valence-electron chi connectivity index (χ0n) is 11.1. The van der Waals surface area contributed by atoms with Crippen molar-refractivity contribution in [3.8, 4) is 11.5 Å². The number of hydrogen-bond donors (Lipinski definition) is 0.